The first-order valence-electron chi connectivity index (χ1n) is 7.04. The molecular formula is C17H17NO3S. The van der Waals surface area contributed by atoms with Crippen molar-refractivity contribution in [1.82, 2.24) is 0 Å². The number of aliphatic hydroxyl groups is 1. The van der Waals surface area contributed by atoms with Gasteiger partial charge >= 0.3 is 0 Å². The smallest absolute Gasteiger partial charge is 0.243 e. The van der Waals surface area contributed by atoms with Crippen molar-refractivity contribution in [2.45, 2.75) is 16.2 Å². The van der Waals surface area contributed by atoms with E-state index in [9.17, 15) is 9.90 Å². The molecule has 1 aliphatic heterocycles. The van der Waals surface area contributed by atoms with Crippen LogP contribution in [0.3, 0.4) is 0 Å². The third kappa shape index (κ3) is 2.69. The highest BCUT2D eigenvalue weighted by Crippen LogP contribution is 2.38. The van der Waals surface area contributed by atoms with Gasteiger partial charge in [0.2, 0.25) is 5.91 Å². The number of carbonyl (C=O) groups excluding carboxylic acids is 1. The van der Waals surface area contributed by atoms with Gasteiger partial charge in [-0.2, -0.15) is 0 Å². The minimum absolute atomic E-state index is 0.0260. The Bertz CT molecular complexity index is 645. The van der Waals surface area contributed by atoms with E-state index in [0.717, 1.165) is 16.3 Å². The SMILES string of the molecule is COc1ccc(N2C(=O)[C@@H](Sc3ccccc3)[C@H]2CO)cc1. The number of amides is 1. The van der Waals surface area contributed by atoms with Gasteiger partial charge in [0.05, 0.1) is 19.8 Å². The van der Waals surface area contributed by atoms with Crippen LogP contribution in [0.2, 0.25) is 0 Å². The highest BCUT2D eigenvalue weighted by Gasteiger charge is 2.48. The maximum atomic E-state index is 12.5. The van der Waals surface area contributed by atoms with Crippen LogP contribution in [0.5, 0.6) is 5.75 Å². The van der Waals surface area contributed by atoms with Crippen molar-refractivity contribution in [2.24, 2.45) is 0 Å². The summed E-state index contributed by atoms with van der Waals surface area (Å²) in [5.41, 5.74) is 0.787. The summed E-state index contributed by atoms with van der Waals surface area (Å²) in [5, 5.41) is 9.41. The molecule has 22 heavy (non-hydrogen) atoms. The molecule has 4 nitrogen and oxygen atoms in total. The van der Waals surface area contributed by atoms with Crippen molar-refractivity contribution in [2.75, 3.05) is 18.6 Å². The Morgan fingerprint density at radius 2 is 1.82 bits per heavy atom. The number of nitrogens with zero attached hydrogens (tertiary/aromatic N) is 1. The van der Waals surface area contributed by atoms with Gasteiger partial charge in [0.25, 0.3) is 0 Å². The maximum absolute atomic E-state index is 12.5. The van der Waals surface area contributed by atoms with Gasteiger partial charge in [0.1, 0.15) is 11.0 Å². The van der Waals surface area contributed by atoms with E-state index in [0.29, 0.717) is 0 Å². The van der Waals surface area contributed by atoms with Crippen molar-refractivity contribution in [3.63, 3.8) is 0 Å². The number of hydrogen-bond donors (Lipinski definition) is 1. The molecule has 114 valence electrons. The van der Waals surface area contributed by atoms with Gasteiger partial charge in [0.15, 0.2) is 0 Å². The summed E-state index contributed by atoms with van der Waals surface area (Å²) in [7, 11) is 1.60. The van der Waals surface area contributed by atoms with Crippen LogP contribution < -0.4 is 9.64 Å². The van der Waals surface area contributed by atoms with Crippen molar-refractivity contribution in [3.05, 3.63) is 54.6 Å². The summed E-state index contributed by atoms with van der Waals surface area (Å²) in [5.74, 6) is 0.769. The number of hydrogen-bond acceptors (Lipinski definition) is 4. The lowest BCUT2D eigenvalue weighted by atomic mass is 10.0. The number of thioether (sulfide) groups is 1. The Hall–Kier alpha value is -1.98. The van der Waals surface area contributed by atoms with E-state index in [4.69, 9.17) is 4.74 Å². The fraction of sp³-hybridized carbons (Fsp3) is 0.235. The largest absolute Gasteiger partial charge is 0.497 e. The van der Waals surface area contributed by atoms with Crippen LogP contribution in [0.4, 0.5) is 5.69 Å². The second-order valence-corrected chi connectivity index (χ2v) is 6.22. The number of rotatable bonds is 5. The van der Waals surface area contributed by atoms with Gasteiger partial charge in [-0.05, 0) is 36.4 Å². The average Bonchev–Trinajstić information content (AvgIpc) is 2.58. The van der Waals surface area contributed by atoms with Gasteiger partial charge in [-0.3, -0.25) is 4.79 Å². The van der Waals surface area contributed by atoms with Crippen LogP contribution in [-0.4, -0.2) is 36.0 Å². The minimum atomic E-state index is -0.241. The number of methoxy groups -OCH3 is 1. The molecule has 1 amide bonds. The van der Waals surface area contributed by atoms with Crippen LogP contribution in [0.25, 0.3) is 0 Å². The highest BCUT2D eigenvalue weighted by atomic mass is 32.2. The highest BCUT2D eigenvalue weighted by molar-refractivity contribution is 8.00. The second kappa shape index (κ2) is 6.42. The molecule has 2 aromatic rings. The van der Waals surface area contributed by atoms with Crippen molar-refractivity contribution >= 4 is 23.4 Å². The maximum Gasteiger partial charge on any atom is 0.243 e. The molecule has 0 bridgehead atoms. The van der Waals surface area contributed by atoms with Gasteiger partial charge in [0, 0.05) is 10.6 Å². The Kier molecular flexibility index (Phi) is 4.36. The minimum Gasteiger partial charge on any atom is -0.497 e. The first-order valence-corrected chi connectivity index (χ1v) is 7.92. The molecule has 0 saturated carbocycles. The molecule has 0 radical (unpaired) electrons. The lowest BCUT2D eigenvalue weighted by Crippen LogP contribution is -2.65. The van der Waals surface area contributed by atoms with Crippen LogP contribution >= 0.6 is 11.8 Å². The van der Waals surface area contributed by atoms with Gasteiger partial charge in [-0.25, -0.2) is 0 Å². The van der Waals surface area contributed by atoms with E-state index in [2.05, 4.69) is 0 Å². The molecule has 0 unspecified atom stereocenters. The second-order valence-electron chi connectivity index (χ2n) is 5.01. The summed E-state index contributed by atoms with van der Waals surface area (Å²) in [6, 6.07) is 16.9. The Morgan fingerprint density at radius 3 is 2.41 bits per heavy atom. The summed E-state index contributed by atoms with van der Waals surface area (Å²) >= 11 is 1.50. The number of anilines is 1. The molecule has 1 aliphatic rings. The molecule has 3 rings (SSSR count). The Balaban J connectivity index is 1.76. The lowest BCUT2D eigenvalue weighted by molar-refractivity contribution is -0.124. The first kappa shape index (κ1) is 14.9. The summed E-state index contributed by atoms with van der Waals surface area (Å²) in [4.78, 5) is 15.1. The van der Waals surface area contributed by atoms with Crippen molar-refractivity contribution in [3.8, 4) is 5.75 Å². The molecule has 1 heterocycles. The van der Waals surface area contributed by atoms with Crippen molar-refractivity contribution in [1.29, 1.82) is 0 Å². The monoisotopic (exact) mass is 315 g/mol. The van der Waals surface area contributed by atoms with Gasteiger partial charge in [-0.15, -0.1) is 11.8 Å². The number of benzene rings is 2. The number of aliphatic hydroxyl groups excluding tert-OH is 1. The third-order valence-corrected chi connectivity index (χ3v) is 5.02. The summed E-state index contributed by atoms with van der Waals surface area (Å²) < 4.78 is 5.12. The molecule has 0 aliphatic carbocycles. The topological polar surface area (TPSA) is 49.8 Å². The van der Waals surface area contributed by atoms with E-state index < -0.39 is 0 Å². The van der Waals surface area contributed by atoms with E-state index in [-0.39, 0.29) is 23.8 Å². The van der Waals surface area contributed by atoms with Crippen LogP contribution in [0.15, 0.2) is 59.5 Å². The number of carbonyl (C=O) groups is 1. The van der Waals surface area contributed by atoms with Gasteiger partial charge < -0.3 is 14.7 Å². The van der Waals surface area contributed by atoms with E-state index in [1.54, 1.807) is 12.0 Å². The van der Waals surface area contributed by atoms with E-state index >= 15 is 0 Å². The first-order chi connectivity index (χ1) is 10.7. The molecule has 2 aromatic carbocycles. The summed E-state index contributed by atoms with van der Waals surface area (Å²) in [6.07, 6.45) is 0. The van der Waals surface area contributed by atoms with Crippen LogP contribution in [0, 0.1) is 0 Å². The zero-order valence-electron chi connectivity index (χ0n) is 12.2. The fourth-order valence-corrected chi connectivity index (χ4v) is 3.72. The quantitative estimate of drug-likeness (QED) is 0.862. The lowest BCUT2D eigenvalue weighted by Gasteiger charge is -2.45. The van der Waals surface area contributed by atoms with Crippen LogP contribution in [0.1, 0.15) is 0 Å². The molecular weight excluding hydrogens is 298 g/mol. The standard InChI is InChI=1S/C17H17NO3S/c1-21-13-9-7-12(8-10-13)18-15(11-19)16(17(18)20)22-14-5-3-2-4-6-14/h2-10,15-16,19H,11H2,1H3/t15-,16+/m1/s1. The van der Waals surface area contributed by atoms with Crippen molar-refractivity contribution < 1.29 is 14.6 Å². The predicted octanol–water partition coefficient (Wildman–Crippen LogP) is 2.56. The van der Waals surface area contributed by atoms with Gasteiger partial charge in [-0.1, -0.05) is 18.2 Å². The molecule has 0 spiro atoms. The molecule has 1 saturated heterocycles. The summed E-state index contributed by atoms with van der Waals surface area (Å²) in [6.45, 7) is -0.0533. The third-order valence-electron chi connectivity index (χ3n) is 3.71. The fourth-order valence-electron chi connectivity index (χ4n) is 2.53. The van der Waals surface area contributed by atoms with Crippen LogP contribution in [-0.2, 0) is 4.79 Å². The Labute approximate surface area is 133 Å². The number of ether oxygens (including phenoxy) is 1. The number of β-lactam (4-membered cyclic amide) rings is 1. The molecule has 2 atom stereocenters. The average molecular weight is 315 g/mol. The normalized spacial score (nSPS) is 20.6. The molecule has 1 N–H and O–H groups in total. The zero-order chi connectivity index (χ0) is 15.5. The molecule has 5 heteroatoms. The Morgan fingerprint density at radius 1 is 1.14 bits per heavy atom. The molecule has 0 aromatic heterocycles. The molecule has 1 fully saturated rings. The zero-order valence-corrected chi connectivity index (χ0v) is 13.0. The predicted molar refractivity (Wildman–Crippen MR) is 87.4 cm³/mol. The van der Waals surface area contributed by atoms with E-state index in [1.807, 2.05) is 54.6 Å². The van der Waals surface area contributed by atoms with E-state index in [1.165, 1.54) is 11.8 Å².